The number of nitrogens with zero attached hydrogens (tertiary/aromatic N) is 1. The third-order valence-corrected chi connectivity index (χ3v) is 13.1. The van der Waals surface area contributed by atoms with E-state index in [2.05, 4.69) is 92.1 Å². The molecule has 0 rings (SSSR count). The molecule has 0 fully saturated rings. The lowest BCUT2D eigenvalue weighted by Crippen LogP contribution is -2.45. The number of quaternary nitrogens is 1. The highest BCUT2D eigenvalue weighted by Crippen LogP contribution is 2.43. The van der Waals surface area contributed by atoms with E-state index in [-0.39, 0.29) is 19.1 Å². The molecule has 1 amide bonds. The molecule has 0 aromatic rings. The standard InChI is InChI=1S/C59H107N2O6P/c1-6-8-10-12-14-16-18-19-20-21-22-23-24-25-26-27-28-29-30-31-32-33-34-35-36-37-38-39-40-41-43-45-47-49-51-53-59(63)60-57(56-67-68(64,65)66-55-54-61(3,4)5)58(62)52-50-48-46-44-42-17-15-13-11-9-7-2/h8,10,14,16,19-20,22-23,25-26,28-29,50,52,57-58,62H,6-7,9,11-13,15,17-18,21,24,27,30-49,51,53-56H2,1-5H3,(H-,60,63,64,65)/p+1/b10-8-,16-14-,20-19-,23-22-,26-25-,29-28-,52-50+. The SMILES string of the molecule is CC/C=C\C/C=C\C/C=C\C/C=C\C/C=C\C/C=C\CCCCCCCCCCCCCCCCCCC(=O)NC(COP(=O)(O)OCC[N+](C)(C)C)C(O)/C=C/CCCCCCCCCCC. The Morgan fingerprint density at radius 2 is 0.882 bits per heavy atom. The number of unbranched alkanes of at least 4 members (excludes halogenated alkanes) is 25. The van der Waals surface area contributed by atoms with Crippen molar-refractivity contribution < 1.29 is 32.9 Å². The van der Waals surface area contributed by atoms with Gasteiger partial charge in [-0.3, -0.25) is 13.8 Å². The fraction of sp³-hybridized carbons (Fsp3) is 0.746. The van der Waals surface area contributed by atoms with Crippen molar-refractivity contribution in [1.29, 1.82) is 0 Å². The van der Waals surface area contributed by atoms with E-state index in [4.69, 9.17) is 9.05 Å². The zero-order valence-corrected chi connectivity index (χ0v) is 45.7. The van der Waals surface area contributed by atoms with Crippen molar-refractivity contribution in [3.63, 3.8) is 0 Å². The maximum Gasteiger partial charge on any atom is 0.472 e. The summed E-state index contributed by atoms with van der Waals surface area (Å²) >= 11 is 0. The van der Waals surface area contributed by atoms with E-state index in [9.17, 15) is 19.4 Å². The fourth-order valence-corrected chi connectivity index (χ4v) is 8.49. The number of nitrogens with one attached hydrogen (secondary N) is 1. The van der Waals surface area contributed by atoms with Crippen LogP contribution in [-0.2, 0) is 18.4 Å². The number of hydrogen-bond donors (Lipinski definition) is 3. The van der Waals surface area contributed by atoms with Crippen LogP contribution in [0.1, 0.15) is 232 Å². The molecule has 0 heterocycles. The Labute approximate surface area is 420 Å². The Morgan fingerprint density at radius 3 is 1.29 bits per heavy atom. The Balaban J connectivity index is 4.01. The minimum Gasteiger partial charge on any atom is -0.387 e. The molecule has 8 nitrogen and oxygen atoms in total. The quantitative estimate of drug-likeness (QED) is 0.0243. The first kappa shape index (κ1) is 65.7. The molecular weight excluding hydrogens is 864 g/mol. The Kier molecular flexibility index (Phi) is 48.0. The van der Waals surface area contributed by atoms with Crippen molar-refractivity contribution >= 4 is 13.7 Å². The van der Waals surface area contributed by atoms with Gasteiger partial charge in [0.15, 0.2) is 0 Å². The van der Waals surface area contributed by atoms with Crippen molar-refractivity contribution in [2.45, 2.75) is 244 Å². The maximum absolute atomic E-state index is 12.9. The van der Waals surface area contributed by atoms with E-state index in [0.29, 0.717) is 17.4 Å². The van der Waals surface area contributed by atoms with Crippen LogP contribution in [0.2, 0.25) is 0 Å². The first-order chi connectivity index (χ1) is 33.0. The molecule has 0 saturated heterocycles. The van der Waals surface area contributed by atoms with Gasteiger partial charge in [-0.1, -0.05) is 240 Å². The first-order valence-electron chi connectivity index (χ1n) is 28.0. The molecule has 0 aliphatic carbocycles. The second-order valence-corrected chi connectivity index (χ2v) is 21.4. The van der Waals surface area contributed by atoms with Gasteiger partial charge in [0.2, 0.25) is 5.91 Å². The smallest absolute Gasteiger partial charge is 0.387 e. The molecule has 3 atom stereocenters. The summed E-state index contributed by atoms with van der Waals surface area (Å²) in [4.78, 5) is 23.2. The van der Waals surface area contributed by atoms with Crippen molar-refractivity contribution in [2.24, 2.45) is 0 Å². The third kappa shape index (κ3) is 51.5. The molecule has 9 heteroatoms. The lowest BCUT2D eigenvalue weighted by atomic mass is 10.0. The molecule has 68 heavy (non-hydrogen) atoms. The summed E-state index contributed by atoms with van der Waals surface area (Å²) < 4.78 is 23.6. The average Bonchev–Trinajstić information content (AvgIpc) is 3.30. The van der Waals surface area contributed by atoms with E-state index in [1.165, 1.54) is 135 Å². The van der Waals surface area contributed by atoms with Crippen LogP contribution in [0.5, 0.6) is 0 Å². The van der Waals surface area contributed by atoms with Crippen molar-refractivity contribution in [3.8, 4) is 0 Å². The minimum atomic E-state index is -4.34. The number of aliphatic hydroxyl groups excluding tert-OH is 1. The van der Waals surface area contributed by atoms with Gasteiger partial charge < -0.3 is 19.8 Å². The molecule has 0 aliphatic rings. The summed E-state index contributed by atoms with van der Waals surface area (Å²) in [7, 11) is 1.57. The molecule has 0 aliphatic heterocycles. The molecule has 0 radical (unpaired) electrons. The summed E-state index contributed by atoms with van der Waals surface area (Å²) in [5.41, 5.74) is 0. The van der Waals surface area contributed by atoms with E-state index >= 15 is 0 Å². The van der Waals surface area contributed by atoms with Crippen LogP contribution in [-0.4, -0.2) is 73.4 Å². The highest BCUT2D eigenvalue weighted by atomic mass is 31.2. The van der Waals surface area contributed by atoms with E-state index < -0.39 is 20.0 Å². The second-order valence-electron chi connectivity index (χ2n) is 19.9. The number of phosphoric ester groups is 1. The molecule has 0 aromatic heterocycles. The van der Waals surface area contributed by atoms with Crippen molar-refractivity contribution in [1.82, 2.24) is 5.32 Å². The van der Waals surface area contributed by atoms with Gasteiger partial charge in [0, 0.05) is 6.42 Å². The number of amides is 1. The van der Waals surface area contributed by atoms with Gasteiger partial charge in [-0.2, -0.15) is 0 Å². The molecule has 0 bridgehead atoms. The number of allylic oxidation sites excluding steroid dienone is 13. The molecule has 3 N–H and O–H groups in total. The fourth-order valence-electron chi connectivity index (χ4n) is 7.75. The zero-order valence-electron chi connectivity index (χ0n) is 44.8. The topological polar surface area (TPSA) is 105 Å². The predicted molar refractivity (Wildman–Crippen MR) is 295 cm³/mol. The summed E-state index contributed by atoms with van der Waals surface area (Å²) in [6, 6.07) is -0.848. The third-order valence-electron chi connectivity index (χ3n) is 12.1. The zero-order chi connectivity index (χ0) is 49.9. The Morgan fingerprint density at radius 1 is 0.515 bits per heavy atom. The van der Waals surface area contributed by atoms with Gasteiger partial charge in [-0.25, -0.2) is 4.57 Å². The summed E-state index contributed by atoms with van der Waals surface area (Å²) in [6.07, 6.45) is 69.8. The van der Waals surface area contributed by atoms with Crippen LogP contribution in [0, 0.1) is 0 Å². The molecule has 0 saturated carbocycles. The van der Waals surface area contributed by atoms with Crippen LogP contribution in [0.25, 0.3) is 0 Å². The summed E-state index contributed by atoms with van der Waals surface area (Å²) in [6.45, 7) is 4.68. The predicted octanol–water partition coefficient (Wildman–Crippen LogP) is 16.9. The monoisotopic (exact) mass is 972 g/mol. The van der Waals surface area contributed by atoms with Gasteiger partial charge in [-0.15, -0.1) is 0 Å². The van der Waals surface area contributed by atoms with Crippen molar-refractivity contribution in [3.05, 3.63) is 85.1 Å². The van der Waals surface area contributed by atoms with Crippen molar-refractivity contribution in [2.75, 3.05) is 40.9 Å². The number of carbonyl (C=O) groups is 1. The lowest BCUT2D eigenvalue weighted by Gasteiger charge is -2.25. The van der Waals surface area contributed by atoms with Crippen LogP contribution in [0.4, 0.5) is 0 Å². The number of hydrogen-bond acceptors (Lipinski definition) is 5. The molecule has 394 valence electrons. The number of likely N-dealkylation sites (N-methyl/N-ethyl adjacent to an activating group) is 1. The second kappa shape index (κ2) is 49.7. The van der Waals surface area contributed by atoms with Crippen LogP contribution >= 0.6 is 7.82 Å². The first-order valence-corrected chi connectivity index (χ1v) is 29.5. The molecular formula is C59H108N2O6P+. The molecule has 3 unspecified atom stereocenters. The maximum atomic E-state index is 12.9. The highest BCUT2D eigenvalue weighted by molar-refractivity contribution is 7.47. The minimum absolute atomic E-state index is 0.0595. The summed E-state index contributed by atoms with van der Waals surface area (Å²) in [5.74, 6) is -0.180. The van der Waals surface area contributed by atoms with E-state index in [1.807, 2.05) is 27.2 Å². The lowest BCUT2D eigenvalue weighted by molar-refractivity contribution is -0.870. The molecule has 0 spiro atoms. The number of phosphoric acid groups is 1. The van der Waals surface area contributed by atoms with Crippen LogP contribution < -0.4 is 5.32 Å². The highest BCUT2D eigenvalue weighted by Gasteiger charge is 2.27. The van der Waals surface area contributed by atoms with E-state index in [1.54, 1.807) is 6.08 Å². The van der Waals surface area contributed by atoms with Gasteiger partial charge in [0.25, 0.3) is 0 Å². The summed E-state index contributed by atoms with van der Waals surface area (Å²) in [5, 5.41) is 13.8. The van der Waals surface area contributed by atoms with Gasteiger partial charge in [-0.05, 0) is 70.6 Å². The average molecular weight is 972 g/mol. The Bertz CT molecular complexity index is 1380. The molecule has 0 aromatic carbocycles. The Hall–Kier alpha value is -2.32. The van der Waals surface area contributed by atoms with Crippen LogP contribution in [0.3, 0.4) is 0 Å². The van der Waals surface area contributed by atoms with E-state index in [0.717, 1.165) is 77.0 Å². The number of aliphatic hydroxyl groups is 1. The number of carbonyl (C=O) groups excluding carboxylic acids is 1. The number of rotatable bonds is 50. The van der Waals surface area contributed by atoms with Crippen LogP contribution in [0.15, 0.2) is 85.1 Å². The van der Waals surface area contributed by atoms with Gasteiger partial charge in [0.1, 0.15) is 13.2 Å². The van der Waals surface area contributed by atoms with Gasteiger partial charge >= 0.3 is 7.82 Å². The largest absolute Gasteiger partial charge is 0.472 e. The van der Waals surface area contributed by atoms with Gasteiger partial charge in [0.05, 0.1) is 39.9 Å². The normalized spacial score (nSPS) is 14.6.